The lowest BCUT2D eigenvalue weighted by atomic mass is 9.60. The van der Waals surface area contributed by atoms with Crippen LogP contribution in [0.25, 0.3) is 33.0 Å². The Morgan fingerprint density at radius 1 is 0.391 bits per heavy atom. The lowest BCUT2D eigenvalue weighted by Crippen LogP contribution is -2.70. The zero-order valence-electron chi connectivity index (χ0n) is 37.3. The quantitative estimate of drug-likeness (QED) is 0.153. The molecule has 0 fully saturated rings. The summed E-state index contributed by atoms with van der Waals surface area (Å²) in [5, 5.41) is 8.38. The van der Waals surface area contributed by atoms with Crippen LogP contribution in [0.3, 0.4) is 0 Å². The summed E-state index contributed by atoms with van der Waals surface area (Å²) in [6.07, 6.45) is 0. The van der Waals surface area contributed by atoms with Gasteiger partial charge in [0.1, 0.15) is 11.5 Å². The SMILES string of the molecule is CC(C)(C)c1ccc2c(c1)C1(c3cc(C(C)(C)C)ccc3O2)c2ccccc2N(c2ccc3c(c2)[Si]2(c4ccccc4-c4ccccc42)c2ccccc2-3)c2cc3ccccc3cc21. The van der Waals surface area contributed by atoms with Crippen molar-refractivity contribution >= 4 is 56.7 Å². The third-order valence-corrected chi connectivity index (χ3v) is 20.0. The summed E-state index contributed by atoms with van der Waals surface area (Å²) in [7, 11) is -2.70. The molecule has 0 saturated carbocycles. The first-order valence-corrected chi connectivity index (χ1v) is 24.8. The van der Waals surface area contributed by atoms with Crippen LogP contribution in [-0.4, -0.2) is 8.07 Å². The van der Waals surface area contributed by atoms with E-state index in [1.165, 1.54) is 104 Å². The van der Waals surface area contributed by atoms with Crippen molar-refractivity contribution in [1.82, 2.24) is 0 Å². The Labute approximate surface area is 377 Å². The molecule has 0 saturated heterocycles. The average Bonchev–Trinajstić information content (AvgIpc) is 3.77. The van der Waals surface area contributed by atoms with E-state index in [-0.39, 0.29) is 10.8 Å². The molecule has 0 amide bonds. The summed E-state index contributed by atoms with van der Waals surface area (Å²) >= 11 is 0. The fourth-order valence-corrected chi connectivity index (χ4v) is 17.7. The Kier molecular flexibility index (Phi) is 7.54. The number of nitrogens with zero attached hydrogens (tertiary/aromatic N) is 1. The molecule has 0 atom stereocenters. The Bertz CT molecular complexity index is 3340. The minimum Gasteiger partial charge on any atom is -0.457 e. The van der Waals surface area contributed by atoms with Gasteiger partial charge in [-0.05, 0) is 141 Å². The second-order valence-electron chi connectivity index (χ2n) is 20.5. The Morgan fingerprint density at radius 3 is 1.44 bits per heavy atom. The molecule has 0 aromatic heterocycles. The van der Waals surface area contributed by atoms with E-state index in [2.05, 4.69) is 234 Å². The second-order valence-corrected chi connectivity index (χ2v) is 24.1. The zero-order valence-corrected chi connectivity index (χ0v) is 38.3. The van der Waals surface area contributed by atoms with Crippen molar-refractivity contribution in [2.75, 3.05) is 4.90 Å². The van der Waals surface area contributed by atoms with Gasteiger partial charge in [-0.1, -0.05) is 175 Å². The van der Waals surface area contributed by atoms with Gasteiger partial charge in [0.05, 0.1) is 16.8 Å². The highest BCUT2D eigenvalue weighted by atomic mass is 28.3. The number of hydrogen-bond donors (Lipinski definition) is 0. The van der Waals surface area contributed by atoms with E-state index in [1.54, 1.807) is 0 Å². The van der Waals surface area contributed by atoms with Gasteiger partial charge in [0.15, 0.2) is 8.07 Å². The zero-order chi connectivity index (χ0) is 43.3. The molecule has 0 bridgehead atoms. The number of anilines is 3. The van der Waals surface area contributed by atoms with Gasteiger partial charge in [-0.25, -0.2) is 0 Å². The van der Waals surface area contributed by atoms with E-state index in [0.717, 1.165) is 11.5 Å². The second kappa shape index (κ2) is 12.8. The predicted octanol–water partition coefficient (Wildman–Crippen LogP) is 13.0. The molecule has 13 rings (SSSR count). The van der Waals surface area contributed by atoms with Crippen molar-refractivity contribution in [3.05, 3.63) is 221 Å². The lowest BCUT2D eigenvalue weighted by molar-refractivity contribution is 0.431. The highest BCUT2D eigenvalue weighted by molar-refractivity contribution is 7.24. The van der Waals surface area contributed by atoms with Crippen LogP contribution in [0.2, 0.25) is 0 Å². The summed E-state index contributed by atoms with van der Waals surface area (Å²) in [5.74, 6) is 1.82. The molecule has 4 aliphatic rings. The number of rotatable bonds is 1. The third-order valence-electron chi connectivity index (χ3n) is 15.0. The molecule has 3 heteroatoms. The molecule has 4 aliphatic heterocycles. The van der Waals surface area contributed by atoms with Crippen LogP contribution < -0.4 is 30.4 Å². The minimum atomic E-state index is -2.70. The van der Waals surface area contributed by atoms with Gasteiger partial charge in [-0.3, -0.25) is 0 Å². The van der Waals surface area contributed by atoms with Crippen molar-refractivity contribution in [2.24, 2.45) is 0 Å². The van der Waals surface area contributed by atoms with Crippen molar-refractivity contribution < 1.29 is 4.74 Å². The van der Waals surface area contributed by atoms with E-state index in [0.29, 0.717) is 0 Å². The van der Waals surface area contributed by atoms with Crippen LogP contribution in [0.4, 0.5) is 17.1 Å². The molecule has 0 N–H and O–H groups in total. The van der Waals surface area contributed by atoms with Crippen molar-refractivity contribution in [1.29, 1.82) is 0 Å². The number of hydrogen-bond acceptors (Lipinski definition) is 2. The number of benzene rings is 9. The molecular formula is C61H49NOSi. The van der Waals surface area contributed by atoms with Gasteiger partial charge >= 0.3 is 0 Å². The van der Waals surface area contributed by atoms with Gasteiger partial charge < -0.3 is 9.64 Å². The predicted molar refractivity (Wildman–Crippen MR) is 270 cm³/mol. The third kappa shape index (κ3) is 4.80. The van der Waals surface area contributed by atoms with Crippen molar-refractivity contribution in [2.45, 2.75) is 57.8 Å². The average molecular weight is 840 g/mol. The molecule has 2 nitrogen and oxygen atoms in total. The Hall–Kier alpha value is -6.94. The Balaban J connectivity index is 1.15. The van der Waals surface area contributed by atoms with Gasteiger partial charge in [-0.15, -0.1) is 0 Å². The fraction of sp³-hybridized carbons (Fsp3) is 0.148. The highest BCUT2D eigenvalue weighted by Gasteiger charge is 2.55. The first-order valence-electron chi connectivity index (χ1n) is 22.8. The molecule has 4 heterocycles. The normalized spacial score (nSPS) is 15.4. The maximum Gasteiger partial charge on any atom is 0.182 e. The first kappa shape index (κ1) is 37.6. The number of ether oxygens (including phenoxy) is 1. The van der Waals surface area contributed by atoms with Gasteiger partial charge in [-0.2, -0.15) is 0 Å². The smallest absolute Gasteiger partial charge is 0.182 e. The fourth-order valence-electron chi connectivity index (χ4n) is 12.1. The number of para-hydroxylation sites is 1. The van der Waals surface area contributed by atoms with Crippen LogP contribution in [-0.2, 0) is 16.2 Å². The topological polar surface area (TPSA) is 12.5 Å². The lowest BCUT2D eigenvalue weighted by Gasteiger charge is -2.49. The van der Waals surface area contributed by atoms with Crippen LogP contribution in [0, 0.1) is 0 Å². The standard InChI is InChI=1S/C61H49NOSi/c1-59(2,3)40-27-31-53-49(35-40)61(50-36-41(60(4,5)6)28-32-54(50)63-53)47-22-12-13-23-51(47)62(52-34-39-18-8-7-17-38(39)33-48(52)61)42-29-30-46-45-21-11-16-26-57(45)64(58(46)37-42)55-24-14-9-19-43(55)44-20-10-15-25-56(44)64/h7-37H,1-6H3. The summed E-state index contributed by atoms with van der Waals surface area (Å²) < 4.78 is 7.05. The van der Waals surface area contributed by atoms with E-state index in [4.69, 9.17) is 4.74 Å². The van der Waals surface area contributed by atoms with Crippen LogP contribution >= 0.6 is 0 Å². The maximum absolute atomic E-state index is 7.05. The van der Waals surface area contributed by atoms with E-state index >= 15 is 0 Å². The van der Waals surface area contributed by atoms with Crippen LogP contribution in [0.5, 0.6) is 11.5 Å². The van der Waals surface area contributed by atoms with Crippen molar-refractivity contribution in [3.8, 4) is 33.8 Å². The summed E-state index contributed by atoms with van der Waals surface area (Å²) in [6, 6.07) is 72.2. The van der Waals surface area contributed by atoms with Gasteiger partial charge in [0.2, 0.25) is 0 Å². The largest absolute Gasteiger partial charge is 0.457 e. The molecule has 308 valence electrons. The summed E-state index contributed by atoms with van der Waals surface area (Å²) in [5.41, 5.74) is 15.7. The number of fused-ring (bicyclic) bond motifs is 19. The van der Waals surface area contributed by atoms with Crippen LogP contribution in [0.1, 0.15) is 74.9 Å². The summed E-state index contributed by atoms with van der Waals surface area (Å²) in [6.45, 7) is 13.9. The van der Waals surface area contributed by atoms with E-state index in [9.17, 15) is 0 Å². The first-order chi connectivity index (χ1) is 31.0. The molecule has 64 heavy (non-hydrogen) atoms. The summed E-state index contributed by atoms with van der Waals surface area (Å²) in [4.78, 5) is 2.59. The van der Waals surface area contributed by atoms with E-state index in [1.807, 2.05) is 0 Å². The molecule has 0 unspecified atom stereocenters. The molecule has 2 spiro atoms. The molecule has 9 aromatic rings. The van der Waals surface area contributed by atoms with Crippen molar-refractivity contribution in [3.63, 3.8) is 0 Å². The van der Waals surface area contributed by atoms with Crippen LogP contribution in [0.15, 0.2) is 188 Å². The molecule has 9 aromatic carbocycles. The van der Waals surface area contributed by atoms with E-state index < -0.39 is 13.5 Å². The molecule has 0 aliphatic carbocycles. The monoisotopic (exact) mass is 839 g/mol. The molecular weight excluding hydrogens is 791 g/mol. The Morgan fingerprint density at radius 2 is 0.875 bits per heavy atom. The molecule has 0 radical (unpaired) electrons. The maximum atomic E-state index is 7.05. The van der Waals surface area contributed by atoms with Gasteiger partial charge in [0.25, 0.3) is 0 Å². The van der Waals surface area contributed by atoms with Gasteiger partial charge in [0, 0.05) is 16.8 Å². The minimum absolute atomic E-state index is 0.0739. The highest BCUT2D eigenvalue weighted by Crippen LogP contribution is 2.64.